The molecule has 0 saturated carbocycles. The molecule has 0 fully saturated rings. The van der Waals surface area contributed by atoms with Crippen LogP contribution in [-0.4, -0.2) is 22.8 Å². The van der Waals surface area contributed by atoms with Crippen molar-refractivity contribution >= 4 is 34.0 Å². The summed E-state index contributed by atoms with van der Waals surface area (Å²) < 4.78 is 5.52. The van der Waals surface area contributed by atoms with E-state index in [1.54, 1.807) is 48.6 Å². The maximum atomic E-state index is 12.9. The highest BCUT2D eigenvalue weighted by atomic mass is 32.1. The number of fused-ring (bicyclic) bond motifs is 1. The fourth-order valence-electron chi connectivity index (χ4n) is 3.01. The van der Waals surface area contributed by atoms with Crippen LogP contribution in [0.25, 0.3) is 21.5 Å². The molecular formula is C23H17NO3S. The maximum Gasteiger partial charge on any atom is 0.339 e. The molecule has 2 aromatic heterocycles. The number of nitrogens with zero attached hydrogens (tertiary/aromatic N) is 1. The minimum atomic E-state index is -0.882. The smallest absolute Gasteiger partial charge is 0.339 e. The van der Waals surface area contributed by atoms with Crippen LogP contribution in [-0.2, 0) is 4.74 Å². The van der Waals surface area contributed by atoms with Crippen LogP contribution in [0.15, 0.2) is 78.2 Å². The van der Waals surface area contributed by atoms with Gasteiger partial charge in [-0.3, -0.25) is 4.79 Å². The first kappa shape index (κ1) is 18.1. The third-order valence-electron chi connectivity index (χ3n) is 4.42. The van der Waals surface area contributed by atoms with Gasteiger partial charge in [-0.2, -0.15) is 0 Å². The summed E-state index contributed by atoms with van der Waals surface area (Å²) in [5, 5.41) is 2.66. The molecule has 4 aromatic rings. The number of carbonyl (C=O) groups is 2. The molecule has 1 atom stereocenters. The number of aromatic nitrogens is 1. The van der Waals surface area contributed by atoms with Gasteiger partial charge in [0.25, 0.3) is 0 Å². The van der Waals surface area contributed by atoms with Crippen LogP contribution in [0.1, 0.15) is 27.6 Å². The second-order valence-electron chi connectivity index (χ2n) is 6.33. The molecule has 0 radical (unpaired) electrons. The lowest BCUT2D eigenvalue weighted by Crippen LogP contribution is -2.24. The Labute approximate surface area is 166 Å². The Morgan fingerprint density at radius 1 is 0.964 bits per heavy atom. The van der Waals surface area contributed by atoms with Crippen molar-refractivity contribution in [2.45, 2.75) is 13.0 Å². The number of hydrogen-bond donors (Lipinski definition) is 0. The summed E-state index contributed by atoms with van der Waals surface area (Å²) in [6.45, 7) is 1.59. The number of benzene rings is 2. The van der Waals surface area contributed by atoms with Crippen molar-refractivity contribution in [3.8, 4) is 10.6 Å². The molecule has 0 spiro atoms. The number of carbonyl (C=O) groups excluding carboxylic acids is 2. The molecule has 4 rings (SSSR count). The standard InChI is InChI=1S/C23H17NO3S/c1-15(22(25)16-8-3-2-4-9-16)27-23(26)18-14-20(21-12-7-13-28-21)24-19-11-6-5-10-17(18)19/h2-15H,1H3. The molecule has 1 unspecified atom stereocenters. The summed E-state index contributed by atoms with van der Waals surface area (Å²) in [4.78, 5) is 31.1. The quantitative estimate of drug-likeness (QED) is 0.340. The molecule has 0 aliphatic rings. The number of Topliss-reactive ketones (excluding diaryl/α,β-unsaturated/α-hetero) is 1. The van der Waals surface area contributed by atoms with Crippen LogP contribution in [0.3, 0.4) is 0 Å². The fourth-order valence-corrected chi connectivity index (χ4v) is 3.70. The van der Waals surface area contributed by atoms with Gasteiger partial charge in [-0.25, -0.2) is 9.78 Å². The number of ketones is 1. The molecule has 0 aliphatic carbocycles. The summed E-state index contributed by atoms with van der Waals surface area (Å²) in [7, 11) is 0. The van der Waals surface area contributed by atoms with Crippen molar-refractivity contribution in [3.05, 3.63) is 89.3 Å². The minimum Gasteiger partial charge on any atom is -0.451 e. The van der Waals surface area contributed by atoms with Crippen molar-refractivity contribution in [1.82, 2.24) is 4.98 Å². The largest absolute Gasteiger partial charge is 0.451 e. The van der Waals surface area contributed by atoms with Crippen molar-refractivity contribution in [2.75, 3.05) is 0 Å². The summed E-state index contributed by atoms with van der Waals surface area (Å²) in [6.07, 6.45) is -0.882. The Hall–Kier alpha value is -3.31. The van der Waals surface area contributed by atoms with E-state index < -0.39 is 12.1 Å². The van der Waals surface area contributed by atoms with E-state index >= 15 is 0 Å². The predicted octanol–water partition coefficient (Wildman–Crippen LogP) is 5.39. The Morgan fingerprint density at radius 3 is 2.46 bits per heavy atom. The van der Waals surface area contributed by atoms with E-state index in [1.807, 2.05) is 47.8 Å². The predicted molar refractivity (Wildman–Crippen MR) is 111 cm³/mol. The van der Waals surface area contributed by atoms with E-state index in [0.717, 1.165) is 4.88 Å². The lowest BCUT2D eigenvalue weighted by Gasteiger charge is -2.14. The molecule has 28 heavy (non-hydrogen) atoms. The van der Waals surface area contributed by atoms with Gasteiger partial charge < -0.3 is 4.74 Å². The Kier molecular flexibility index (Phi) is 5.00. The van der Waals surface area contributed by atoms with E-state index in [9.17, 15) is 9.59 Å². The van der Waals surface area contributed by atoms with Crippen LogP contribution in [0, 0.1) is 0 Å². The van der Waals surface area contributed by atoms with Gasteiger partial charge >= 0.3 is 5.97 Å². The van der Waals surface area contributed by atoms with Crippen molar-refractivity contribution < 1.29 is 14.3 Å². The highest BCUT2D eigenvalue weighted by Gasteiger charge is 2.22. The number of rotatable bonds is 5. The molecule has 0 amide bonds. The maximum absolute atomic E-state index is 12.9. The second-order valence-corrected chi connectivity index (χ2v) is 7.28. The molecule has 2 aromatic carbocycles. The second kappa shape index (κ2) is 7.74. The first-order valence-corrected chi connectivity index (χ1v) is 9.75. The van der Waals surface area contributed by atoms with Crippen LogP contribution in [0.4, 0.5) is 0 Å². The molecule has 0 aliphatic heterocycles. The normalized spacial score (nSPS) is 11.9. The Bertz CT molecular complexity index is 1140. The molecule has 4 nitrogen and oxygen atoms in total. The number of esters is 1. The molecule has 0 bridgehead atoms. The average molecular weight is 387 g/mol. The van der Waals surface area contributed by atoms with Crippen LogP contribution in [0.2, 0.25) is 0 Å². The van der Waals surface area contributed by atoms with E-state index in [-0.39, 0.29) is 5.78 Å². The van der Waals surface area contributed by atoms with Crippen LogP contribution >= 0.6 is 11.3 Å². The first-order chi connectivity index (χ1) is 13.6. The topological polar surface area (TPSA) is 56.3 Å². The molecule has 0 N–H and O–H groups in total. The van der Waals surface area contributed by atoms with E-state index in [1.165, 1.54) is 0 Å². The molecule has 0 saturated heterocycles. The number of pyridine rings is 1. The SMILES string of the molecule is CC(OC(=O)c1cc(-c2cccs2)nc2ccccc12)C(=O)c1ccccc1. The number of thiophene rings is 1. The van der Waals surface area contributed by atoms with Gasteiger partial charge in [-0.05, 0) is 30.5 Å². The zero-order valence-electron chi connectivity index (χ0n) is 15.2. The summed E-state index contributed by atoms with van der Waals surface area (Å²) >= 11 is 1.55. The number of para-hydroxylation sites is 1. The third kappa shape index (κ3) is 3.57. The van der Waals surface area contributed by atoms with Crippen molar-refractivity contribution in [1.29, 1.82) is 0 Å². The lowest BCUT2D eigenvalue weighted by molar-refractivity contribution is 0.0320. The number of ether oxygens (including phenoxy) is 1. The molecule has 2 heterocycles. The van der Waals surface area contributed by atoms with Gasteiger partial charge in [-0.1, -0.05) is 54.6 Å². The van der Waals surface area contributed by atoms with Crippen LogP contribution in [0.5, 0.6) is 0 Å². The van der Waals surface area contributed by atoms with Crippen molar-refractivity contribution in [3.63, 3.8) is 0 Å². The summed E-state index contributed by atoms with van der Waals surface area (Å²) in [6, 6.07) is 21.9. The van der Waals surface area contributed by atoms with Gasteiger partial charge in [0.05, 0.1) is 21.7 Å². The zero-order chi connectivity index (χ0) is 19.5. The van der Waals surface area contributed by atoms with Gasteiger partial charge in [0, 0.05) is 10.9 Å². The van der Waals surface area contributed by atoms with Crippen LogP contribution < -0.4 is 0 Å². The Balaban J connectivity index is 1.68. The van der Waals surface area contributed by atoms with Crippen molar-refractivity contribution in [2.24, 2.45) is 0 Å². The Morgan fingerprint density at radius 2 is 1.71 bits per heavy atom. The zero-order valence-corrected chi connectivity index (χ0v) is 16.0. The average Bonchev–Trinajstić information content (AvgIpc) is 3.28. The third-order valence-corrected chi connectivity index (χ3v) is 5.31. The molecule has 138 valence electrons. The lowest BCUT2D eigenvalue weighted by atomic mass is 10.1. The fraction of sp³-hybridized carbons (Fsp3) is 0.0870. The van der Waals surface area contributed by atoms with Gasteiger partial charge in [0.1, 0.15) is 0 Å². The summed E-state index contributed by atoms with van der Waals surface area (Å²) in [5.41, 5.74) is 2.34. The number of hydrogen-bond acceptors (Lipinski definition) is 5. The highest BCUT2D eigenvalue weighted by Crippen LogP contribution is 2.28. The van der Waals surface area contributed by atoms with E-state index in [4.69, 9.17) is 4.74 Å². The summed E-state index contributed by atoms with van der Waals surface area (Å²) in [5.74, 6) is -0.765. The molecular weight excluding hydrogens is 370 g/mol. The van der Waals surface area contributed by atoms with Gasteiger partial charge in [0.2, 0.25) is 5.78 Å². The monoisotopic (exact) mass is 387 g/mol. The van der Waals surface area contributed by atoms with Gasteiger partial charge in [-0.15, -0.1) is 11.3 Å². The molecule has 5 heteroatoms. The van der Waals surface area contributed by atoms with E-state index in [0.29, 0.717) is 27.7 Å². The van der Waals surface area contributed by atoms with Gasteiger partial charge in [0.15, 0.2) is 6.10 Å². The van der Waals surface area contributed by atoms with E-state index in [2.05, 4.69) is 4.98 Å². The highest BCUT2D eigenvalue weighted by molar-refractivity contribution is 7.13. The minimum absolute atomic E-state index is 0.231. The first-order valence-electron chi connectivity index (χ1n) is 8.87.